The maximum absolute atomic E-state index is 13.6. The van der Waals surface area contributed by atoms with Crippen LogP contribution in [0.4, 0.5) is 24.8 Å². The molecule has 1 aliphatic rings. The number of ether oxygens (including phenoxy) is 1. The number of amides is 1. The highest BCUT2D eigenvalue weighted by molar-refractivity contribution is 6.03. The van der Waals surface area contributed by atoms with Crippen LogP contribution in [0, 0.1) is 6.92 Å². The number of imidazole rings is 1. The van der Waals surface area contributed by atoms with Gasteiger partial charge in [0.2, 0.25) is 0 Å². The molecule has 3 aromatic heterocycles. The van der Waals surface area contributed by atoms with Gasteiger partial charge in [-0.2, -0.15) is 18.3 Å². The molecule has 0 radical (unpaired) electrons. The van der Waals surface area contributed by atoms with Crippen molar-refractivity contribution in [1.29, 1.82) is 0 Å². The van der Waals surface area contributed by atoms with Crippen LogP contribution >= 0.6 is 0 Å². The Morgan fingerprint density at radius 2 is 1.86 bits per heavy atom. The molecule has 180 valence electrons. The SMILES string of the molecule is Cc1cc(-c2ccccc2C(F)(F)F)nn2c(C(=O)Nc3cccc(N4CCOCC4)n3)cnc12. The number of pyridine rings is 1. The molecule has 1 N–H and O–H groups in total. The highest BCUT2D eigenvalue weighted by atomic mass is 19.4. The minimum atomic E-state index is -4.55. The number of hydrogen-bond acceptors (Lipinski definition) is 6. The van der Waals surface area contributed by atoms with Gasteiger partial charge in [0.05, 0.1) is 30.7 Å². The van der Waals surface area contributed by atoms with Gasteiger partial charge in [-0.1, -0.05) is 24.3 Å². The van der Waals surface area contributed by atoms with Crippen LogP contribution in [0.1, 0.15) is 21.6 Å². The summed E-state index contributed by atoms with van der Waals surface area (Å²) in [6.07, 6.45) is -3.20. The number of fused-ring (bicyclic) bond motifs is 1. The van der Waals surface area contributed by atoms with Gasteiger partial charge in [0, 0.05) is 18.7 Å². The number of carbonyl (C=O) groups excluding carboxylic acids is 1. The first-order valence-electron chi connectivity index (χ1n) is 10.9. The Morgan fingerprint density at radius 3 is 2.63 bits per heavy atom. The van der Waals surface area contributed by atoms with Crippen LogP contribution in [-0.4, -0.2) is 51.8 Å². The van der Waals surface area contributed by atoms with Gasteiger partial charge < -0.3 is 15.0 Å². The van der Waals surface area contributed by atoms with Crippen molar-refractivity contribution in [3.63, 3.8) is 0 Å². The molecule has 0 atom stereocenters. The van der Waals surface area contributed by atoms with E-state index in [9.17, 15) is 18.0 Å². The van der Waals surface area contributed by atoms with Crippen LogP contribution in [-0.2, 0) is 10.9 Å². The summed E-state index contributed by atoms with van der Waals surface area (Å²) in [5, 5.41) is 7.09. The molecule has 0 unspecified atom stereocenters. The van der Waals surface area contributed by atoms with E-state index in [2.05, 4.69) is 25.3 Å². The van der Waals surface area contributed by atoms with E-state index in [1.165, 1.54) is 35.0 Å². The first-order chi connectivity index (χ1) is 16.8. The Hall–Kier alpha value is -3.99. The Labute approximate surface area is 198 Å². The number of nitrogens with one attached hydrogen (secondary N) is 1. The summed E-state index contributed by atoms with van der Waals surface area (Å²) >= 11 is 0. The Balaban J connectivity index is 1.48. The third kappa shape index (κ3) is 4.54. The minimum absolute atomic E-state index is 0.0769. The lowest BCUT2D eigenvalue weighted by molar-refractivity contribution is -0.137. The van der Waals surface area contributed by atoms with Crippen molar-refractivity contribution in [2.45, 2.75) is 13.1 Å². The lowest BCUT2D eigenvalue weighted by atomic mass is 10.0. The van der Waals surface area contributed by atoms with Gasteiger partial charge in [-0.15, -0.1) is 0 Å². The molecule has 0 spiro atoms. The molecule has 4 heterocycles. The number of aryl methyl sites for hydroxylation is 1. The van der Waals surface area contributed by atoms with E-state index in [0.29, 0.717) is 49.1 Å². The molecule has 4 aromatic rings. The number of carbonyl (C=O) groups is 1. The monoisotopic (exact) mass is 482 g/mol. The van der Waals surface area contributed by atoms with Crippen LogP contribution in [0.3, 0.4) is 0 Å². The summed E-state index contributed by atoms with van der Waals surface area (Å²) in [6, 6.07) is 12.0. The highest BCUT2D eigenvalue weighted by Crippen LogP contribution is 2.36. The summed E-state index contributed by atoms with van der Waals surface area (Å²) in [5.41, 5.74) is 0.235. The van der Waals surface area contributed by atoms with Crippen molar-refractivity contribution in [2.24, 2.45) is 0 Å². The third-order valence-corrected chi connectivity index (χ3v) is 5.70. The summed E-state index contributed by atoms with van der Waals surface area (Å²) in [6.45, 7) is 4.31. The average Bonchev–Trinajstić information content (AvgIpc) is 3.29. The van der Waals surface area contributed by atoms with E-state index in [1.54, 1.807) is 19.1 Å². The molecule has 35 heavy (non-hydrogen) atoms. The van der Waals surface area contributed by atoms with Crippen LogP contribution in [0.15, 0.2) is 54.7 Å². The molecular weight excluding hydrogens is 461 g/mol. The second-order valence-corrected chi connectivity index (χ2v) is 8.07. The number of nitrogens with zero attached hydrogens (tertiary/aromatic N) is 5. The number of alkyl halides is 3. The molecule has 1 saturated heterocycles. The lowest BCUT2D eigenvalue weighted by Crippen LogP contribution is -2.36. The first-order valence-corrected chi connectivity index (χ1v) is 10.9. The van der Waals surface area contributed by atoms with E-state index >= 15 is 0 Å². The smallest absolute Gasteiger partial charge is 0.378 e. The lowest BCUT2D eigenvalue weighted by Gasteiger charge is -2.27. The normalized spacial score (nSPS) is 14.3. The number of hydrogen-bond donors (Lipinski definition) is 1. The molecule has 5 rings (SSSR count). The van der Waals surface area contributed by atoms with E-state index in [1.807, 2.05) is 6.07 Å². The van der Waals surface area contributed by atoms with Gasteiger partial charge in [-0.05, 0) is 36.8 Å². The van der Waals surface area contributed by atoms with Gasteiger partial charge in [0.25, 0.3) is 5.91 Å². The van der Waals surface area contributed by atoms with E-state index in [0.717, 1.165) is 6.07 Å². The summed E-state index contributed by atoms with van der Waals surface area (Å²) in [5.74, 6) is 0.519. The van der Waals surface area contributed by atoms with Crippen LogP contribution < -0.4 is 10.2 Å². The fourth-order valence-electron chi connectivity index (χ4n) is 4.00. The molecule has 0 saturated carbocycles. The molecule has 11 heteroatoms. The largest absolute Gasteiger partial charge is 0.417 e. The predicted octanol–water partition coefficient (Wildman–Crippen LogP) is 4.21. The fraction of sp³-hybridized carbons (Fsp3) is 0.250. The maximum atomic E-state index is 13.6. The Morgan fingerprint density at radius 1 is 1.09 bits per heavy atom. The second-order valence-electron chi connectivity index (χ2n) is 8.07. The molecule has 1 aromatic carbocycles. The zero-order valence-corrected chi connectivity index (χ0v) is 18.7. The van der Waals surface area contributed by atoms with Crippen molar-refractivity contribution in [2.75, 3.05) is 36.5 Å². The van der Waals surface area contributed by atoms with Crippen molar-refractivity contribution in [1.82, 2.24) is 19.6 Å². The second kappa shape index (κ2) is 8.99. The van der Waals surface area contributed by atoms with E-state index in [4.69, 9.17) is 4.74 Å². The van der Waals surface area contributed by atoms with Gasteiger partial charge in [0.15, 0.2) is 11.3 Å². The van der Waals surface area contributed by atoms with Crippen molar-refractivity contribution < 1.29 is 22.7 Å². The molecule has 1 aliphatic heterocycles. The molecule has 0 aliphatic carbocycles. The van der Waals surface area contributed by atoms with Crippen molar-refractivity contribution >= 4 is 23.2 Å². The summed E-state index contributed by atoms with van der Waals surface area (Å²) in [4.78, 5) is 23.9. The van der Waals surface area contributed by atoms with Crippen molar-refractivity contribution in [3.05, 3.63) is 71.5 Å². The number of halogens is 3. The maximum Gasteiger partial charge on any atom is 0.417 e. The Bertz CT molecular complexity index is 1400. The van der Waals surface area contributed by atoms with Crippen LogP contribution in [0.5, 0.6) is 0 Å². The minimum Gasteiger partial charge on any atom is -0.378 e. The number of benzene rings is 1. The molecule has 0 bridgehead atoms. The first kappa shape index (κ1) is 22.8. The average molecular weight is 482 g/mol. The summed E-state index contributed by atoms with van der Waals surface area (Å²) in [7, 11) is 0. The fourth-order valence-corrected chi connectivity index (χ4v) is 4.00. The number of rotatable bonds is 4. The van der Waals surface area contributed by atoms with Crippen LogP contribution in [0.25, 0.3) is 16.9 Å². The number of aromatic nitrogens is 4. The molecule has 1 fully saturated rings. The molecular formula is C24H21F3N6O2. The topological polar surface area (TPSA) is 84.7 Å². The van der Waals surface area contributed by atoms with Gasteiger partial charge >= 0.3 is 6.18 Å². The van der Waals surface area contributed by atoms with Gasteiger partial charge in [0.1, 0.15) is 11.6 Å². The molecule has 8 nitrogen and oxygen atoms in total. The number of anilines is 2. The molecule has 1 amide bonds. The van der Waals surface area contributed by atoms with Gasteiger partial charge in [-0.25, -0.2) is 14.5 Å². The third-order valence-electron chi connectivity index (χ3n) is 5.70. The quantitative estimate of drug-likeness (QED) is 0.469. The van der Waals surface area contributed by atoms with E-state index < -0.39 is 17.6 Å². The zero-order chi connectivity index (χ0) is 24.6. The Kier molecular flexibility index (Phi) is 5.85. The van der Waals surface area contributed by atoms with Gasteiger partial charge in [-0.3, -0.25) is 4.79 Å². The summed E-state index contributed by atoms with van der Waals surface area (Å²) < 4.78 is 47.4. The van der Waals surface area contributed by atoms with Crippen LogP contribution in [0.2, 0.25) is 0 Å². The highest BCUT2D eigenvalue weighted by Gasteiger charge is 2.34. The number of morpholine rings is 1. The standard InChI is InChI=1S/C24H21F3N6O2/c1-15-13-18(16-5-2-3-6-17(16)24(25,26)27)31-33-19(14-28-22(15)33)23(34)30-20-7-4-8-21(29-20)32-9-11-35-12-10-32/h2-8,13-14H,9-12H2,1H3,(H,29,30,34). The van der Waals surface area contributed by atoms with E-state index in [-0.39, 0.29) is 17.0 Å². The van der Waals surface area contributed by atoms with Crippen molar-refractivity contribution in [3.8, 4) is 11.3 Å². The zero-order valence-electron chi connectivity index (χ0n) is 18.7. The predicted molar refractivity (Wildman–Crippen MR) is 123 cm³/mol.